The van der Waals surface area contributed by atoms with Gasteiger partial charge in [0.2, 0.25) is 11.8 Å². The first-order chi connectivity index (χ1) is 8.97. The van der Waals surface area contributed by atoms with Gasteiger partial charge in [0.15, 0.2) is 0 Å². The van der Waals surface area contributed by atoms with Crippen LogP contribution in [0.15, 0.2) is 24.3 Å². The van der Waals surface area contributed by atoms with Gasteiger partial charge in [-0.05, 0) is 18.2 Å². The van der Waals surface area contributed by atoms with Gasteiger partial charge in [-0.1, -0.05) is 6.07 Å². The van der Waals surface area contributed by atoms with Crippen LogP contribution in [0.1, 0.15) is 6.92 Å². The van der Waals surface area contributed by atoms with Crippen LogP contribution in [-0.4, -0.2) is 34.4 Å². The maximum Gasteiger partial charge on any atom is 0.313 e. The number of aliphatic carboxylic acids is 1. The molecule has 2 amide bonds. The van der Waals surface area contributed by atoms with Crippen LogP contribution in [-0.2, 0) is 14.4 Å². The zero-order valence-corrected chi connectivity index (χ0v) is 11.1. The van der Waals surface area contributed by atoms with Gasteiger partial charge in [0, 0.05) is 18.3 Å². The number of carboxylic acids is 1. The van der Waals surface area contributed by atoms with Crippen LogP contribution in [0.4, 0.5) is 11.4 Å². The van der Waals surface area contributed by atoms with Gasteiger partial charge in [-0.3, -0.25) is 14.4 Å². The van der Waals surface area contributed by atoms with Gasteiger partial charge in [-0.25, -0.2) is 0 Å². The number of hydrogen-bond acceptors (Lipinski definition) is 4. The average Bonchev–Trinajstić information content (AvgIpc) is 2.27. The van der Waals surface area contributed by atoms with Crippen molar-refractivity contribution in [3.05, 3.63) is 24.3 Å². The fourth-order valence-electron chi connectivity index (χ4n) is 1.31. The minimum Gasteiger partial charge on any atom is -0.481 e. The molecule has 0 saturated heterocycles. The number of carbonyl (C=O) groups is 3. The molecule has 0 fully saturated rings. The van der Waals surface area contributed by atoms with Crippen molar-refractivity contribution in [2.24, 2.45) is 0 Å². The summed E-state index contributed by atoms with van der Waals surface area (Å²) in [6, 6.07) is 6.72. The van der Waals surface area contributed by atoms with Crippen LogP contribution in [0.3, 0.4) is 0 Å². The van der Waals surface area contributed by atoms with Crippen LogP contribution in [0.2, 0.25) is 0 Å². The summed E-state index contributed by atoms with van der Waals surface area (Å²) in [4.78, 5) is 32.7. The molecule has 0 atom stereocenters. The molecule has 19 heavy (non-hydrogen) atoms. The van der Waals surface area contributed by atoms with Gasteiger partial charge in [0.25, 0.3) is 0 Å². The molecule has 0 saturated carbocycles. The molecule has 0 heterocycles. The van der Waals surface area contributed by atoms with E-state index < -0.39 is 5.97 Å². The molecule has 0 radical (unpaired) electrons. The quantitative estimate of drug-likeness (QED) is 0.733. The Kier molecular flexibility index (Phi) is 5.87. The summed E-state index contributed by atoms with van der Waals surface area (Å²) in [5.41, 5.74) is 1.13. The summed E-state index contributed by atoms with van der Waals surface area (Å²) in [5, 5.41) is 13.7. The molecule has 102 valence electrons. The van der Waals surface area contributed by atoms with E-state index in [1.54, 1.807) is 24.3 Å². The molecule has 0 unspecified atom stereocenters. The molecule has 0 aliphatic heterocycles. The Morgan fingerprint density at radius 2 is 1.79 bits per heavy atom. The number of anilines is 2. The highest BCUT2D eigenvalue weighted by Crippen LogP contribution is 2.15. The summed E-state index contributed by atoms with van der Waals surface area (Å²) in [6.45, 7) is 1.40. The predicted octanol–water partition coefficient (Wildman–Crippen LogP) is 1.40. The molecular formula is C12H14N2O4S. The Morgan fingerprint density at radius 1 is 1.16 bits per heavy atom. The van der Waals surface area contributed by atoms with Crippen molar-refractivity contribution in [1.29, 1.82) is 0 Å². The summed E-state index contributed by atoms with van der Waals surface area (Å²) in [6.07, 6.45) is 0. The average molecular weight is 282 g/mol. The third-order valence-corrected chi connectivity index (χ3v) is 2.84. The maximum absolute atomic E-state index is 11.5. The van der Waals surface area contributed by atoms with E-state index in [9.17, 15) is 14.4 Å². The lowest BCUT2D eigenvalue weighted by molar-refractivity contribution is -0.133. The fourth-order valence-corrected chi connectivity index (χ4v) is 1.84. The molecular weight excluding hydrogens is 268 g/mol. The van der Waals surface area contributed by atoms with E-state index in [1.165, 1.54) is 6.92 Å². The highest BCUT2D eigenvalue weighted by atomic mass is 32.2. The van der Waals surface area contributed by atoms with Crippen molar-refractivity contribution in [1.82, 2.24) is 0 Å². The lowest BCUT2D eigenvalue weighted by Crippen LogP contribution is -2.15. The van der Waals surface area contributed by atoms with Crippen LogP contribution in [0, 0.1) is 0 Å². The molecule has 0 aliphatic rings. The summed E-state index contributed by atoms with van der Waals surface area (Å²) < 4.78 is 0. The number of thioether (sulfide) groups is 1. The van der Waals surface area contributed by atoms with Gasteiger partial charge in [0.1, 0.15) is 0 Å². The Hall–Kier alpha value is -2.02. The summed E-state index contributed by atoms with van der Waals surface area (Å²) in [7, 11) is 0. The Bertz CT molecular complexity index is 490. The SMILES string of the molecule is CC(=O)Nc1cccc(NC(=O)CSCC(=O)O)c1. The Labute approximate surface area is 114 Å². The first-order valence-corrected chi connectivity index (χ1v) is 6.60. The lowest BCUT2D eigenvalue weighted by atomic mass is 10.2. The third-order valence-electron chi connectivity index (χ3n) is 1.93. The molecule has 7 heteroatoms. The second-order valence-electron chi connectivity index (χ2n) is 3.70. The highest BCUT2D eigenvalue weighted by molar-refractivity contribution is 8.00. The molecule has 0 aliphatic carbocycles. The van der Waals surface area contributed by atoms with Gasteiger partial charge in [0.05, 0.1) is 11.5 Å². The minimum absolute atomic E-state index is 0.0661. The first kappa shape index (κ1) is 15.0. The number of hydrogen-bond donors (Lipinski definition) is 3. The second kappa shape index (κ2) is 7.42. The number of nitrogens with one attached hydrogen (secondary N) is 2. The molecule has 3 N–H and O–H groups in total. The topological polar surface area (TPSA) is 95.5 Å². The van der Waals surface area contributed by atoms with Crippen molar-refractivity contribution in [3.63, 3.8) is 0 Å². The molecule has 0 bridgehead atoms. The number of amides is 2. The standard InChI is InChI=1S/C12H14N2O4S/c1-8(15)13-9-3-2-4-10(5-9)14-11(16)6-19-7-12(17)18/h2-5H,6-7H2,1H3,(H,13,15)(H,14,16)(H,17,18). The van der Waals surface area contributed by atoms with Crippen LogP contribution in [0.5, 0.6) is 0 Å². The van der Waals surface area contributed by atoms with Crippen molar-refractivity contribution in [2.75, 3.05) is 22.1 Å². The van der Waals surface area contributed by atoms with E-state index in [2.05, 4.69) is 10.6 Å². The van der Waals surface area contributed by atoms with Crippen LogP contribution >= 0.6 is 11.8 Å². The predicted molar refractivity (Wildman–Crippen MR) is 74.3 cm³/mol. The van der Waals surface area contributed by atoms with Gasteiger partial charge in [-0.15, -0.1) is 11.8 Å². The van der Waals surface area contributed by atoms with E-state index >= 15 is 0 Å². The fraction of sp³-hybridized carbons (Fsp3) is 0.250. The third kappa shape index (κ3) is 6.46. The van der Waals surface area contributed by atoms with Crippen molar-refractivity contribution in [2.45, 2.75) is 6.92 Å². The van der Waals surface area contributed by atoms with Crippen LogP contribution in [0.25, 0.3) is 0 Å². The largest absolute Gasteiger partial charge is 0.481 e. The van der Waals surface area contributed by atoms with Gasteiger partial charge >= 0.3 is 5.97 Å². The maximum atomic E-state index is 11.5. The van der Waals surface area contributed by atoms with Gasteiger partial charge in [-0.2, -0.15) is 0 Å². The van der Waals surface area contributed by atoms with Gasteiger partial charge < -0.3 is 15.7 Å². The van der Waals surface area contributed by atoms with E-state index in [1.807, 2.05) is 0 Å². The monoisotopic (exact) mass is 282 g/mol. The smallest absolute Gasteiger partial charge is 0.313 e. The Balaban J connectivity index is 2.49. The highest BCUT2D eigenvalue weighted by Gasteiger charge is 2.05. The van der Waals surface area contributed by atoms with E-state index in [0.29, 0.717) is 11.4 Å². The summed E-state index contributed by atoms with van der Waals surface area (Å²) in [5.74, 6) is -1.48. The first-order valence-electron chi connectivity index (χ1n) is 5.44. The number of benzene rings is 1. The van der Waals surface area contributed by atoms with Crippen molar-refractivity contribution >= 4 is 40.9 Å². The van der Waals surface area contributed by atoms with E-state index in [0.717, 1.165) is 11.8 Å². The molecule has 1 rings (SSSR count). The number of carbonyl (C=O) groups excluding carboxylic acids is 2. The minimum atomic E-state index is -0.953. The molecule has 1 aromatic rings. The zero-order chi connectivity index (χ0) is 14.3. The van der Waals surface area contributed by atoms with E-state index in [-0.39, 0.29) is 23.3 Å². The second-order valence-corrected chi connectivity index (χ2v) is 4.68. The summed E-state index contributed by atoms with van der Waals surface area (Å²) >= 11 is 1.02. The van der Waals surface area contributed by atoms with Crippen LogP contribution < -0.4 is 10.6 Å². The number of carboxylic acid groups (broad SMARTS) is 1. The normalized spacial score (nSPS) is 9.74. The van der Waals surface area contributed by atoms with Crippen molar-refractivity contribution in [3.8, 4) is 0 Å². The molecule has 0 aromatic heterocycles. The Morgan fingerprint density at radius 3 is 2.37 bits per heavy atom. The molecule has 0 spiro atoms. The van der Waals surface area contributed by atoms with E-state index in [4.69, 9.17) is 5.11 Å². The van der Waals surface area contributed by atoms with Crippen molar-refractivity contribution < 1.29 is 19.5 Å². The molecule has 1 aromatic carbocycles. The zero-order valence-electron chi connectivity index (χ0n) is 10.3. The molecule has 6 nitrogen and oxygen atoms in total. The lowest BCUT2D eigenvalue weighted by Gasteiger charge is -2.07. The number of rotatable bonds is 6.